The molecule has 7 nitrogen and oxygen atoms in total. The van der Waals surface area contributed by atoms with E-state index in [4.69, 9.17) is 0 Å². The summed E-state index contributed by atoms with van der Waals surface area (Å²) in [6.07, 6.45) is 1.56. The van der Waals surface area contributed by atoms with Gasteiger partial charge < -0.3 is 0 Å². The number of hydrogen-bond donors (Lipinski definition) is 1. The van der Waals surface area contributed by atoms with E-state index in [0.717, 1.165) is 26.9 Å². The molecule has 0 unspecified atom stereocenters. The van der Waals surface area contributed by atoms with Crippen LogP contribution < -0.4 is 11.2 Å². The molecule has 0 radical (unpaired) electrons. The SMILES string of the molecule is Cc1[nH]n(-c2ccc(Br)cc2)c(=O)c1C=Nc1ccc2c(c1)n(C)c(=O)n2C. The molecule has 142 valence electrons. The predicted octanol–water partition coefficient (Wildman–Crippen LogP) is 3.18. The maximum absolute atomic E-state index is 12.8. The lowest BCUT2D eigenvalue weighted by molar-refractivity contribution is 0.795. The van der Waals surface area contributed by atoms with Crippen molar-refractivity contribution in [3.05, 3.63) is 79.0 Å². The molecule has 0 aliphatic heterocycles. The summed E-state index contributed by atoms with van der Waals surface area (Å²) >= 11 is 3.39. The molecule has 0 aliphatic rings. The van der Waals surface area contributed by atoms with Crippen molar-refractivity contribution in [2.45, 2.75) is 6.92 Å². The minimum absolute atomic E-state index is 0.0880. The van der Waals surface area contributed by atoms with Crippen molar-refractivity contribution in [2.75, 3.05) is 0 Å². The predicted molar refractivity (Wildman–Crippen MR) is 114 cm³/mol. The zero-order valence-electron chi connectivity index (χ0n) is 15.6. The smallest absolute Gasteiger partial charge is 0.295 e. The van der Waals surface area contributed by atoms with Gasteiger partial charge in [0.1, 0.15) is 0 Å². The van der Waals surface area contributed by atoms with Crippen LogP contribution in [0, 0.1) is 6.92 Å². The Labute approximate surface area is 168 Å². The van der Waals surface area contributed by atoms with E-state index in [0.29, 0.717) is 11.3 Å². The second-order valence-corrected chi connectivity index (χ2v) is 7.51. The average Bonchev–Trinajstić information content (AvgIpc) is 3.09. The summed E-state index contributed by atoms with van der Waals surface area (Å²) in [6, 6.07) is 13.0. The van der Waals surface area contributed by atoms with E-state index < -0.39 is 0 Å². The van der Waals surface area contributed by atoms with Gasteiger partial charge in [0, 0.05) is 30.5 Å². The molecule has 1 N–H and O–H groups in total. The van der Waals surface area contributed by atoms with Crippen LogP contribution in [0.25, 0.3) is 16.7 Å². The fraction of sp³-hybridized carbons (Fsp3) is 0.150. The quantitative estimate of drug-likeness (QED) is 0.497. The number of rotatable bonds is 3. The van der Waals surface area contributed by atoms with E-state index in [1.165, 1.54) is 4.68 Å². The van der Waals surface area contributed by atoms with Gasteiger partial charge in [0.15, 0.2) is 0 Å². The van der Waals surface area contributed by atoms with Crippen LogP contribution in [0.4, 0.5) is 5.69 Å². The number of nitrogens with one attached hydrogen (secondary N) is 1. The van der Waals surface area contributed by atoms with Gasteiger partial charge in [0.05, 0.1) is 28.0 Å². The molecule has 4 rings (SSSR count). The van der Waals surface area contributed by atoms with Crippen molar-refractivity contribution in [3.8, 4) is 5.69 Å². The third-order valence-corrected chi connectivity index (χ3v) is 5.33. The van der Waals surface area contributed by atoms with Crippen molar-refractivity contribution in [1.82, 2.24) is 18.9 Å². The van der Waals surface area contributed by atoms with Crippen LogP contribution in [-0.4, -0.2) is 25.1 Å². The number of aliphatic imine (C=N–C) groups is 1. The van der Waals surface area contributed by atoms with Gasteiger partial charge in [0.25, 0.3) is 5.56 Å². The Bertz CT molecular complexity index is 1340. The first-order valence-corrected chi connectivity index (χ1v) is 9.43. The number of hydrogen-bond acceptors (Lipinski definition) is 3. The molecular formula is C20H18BrN5O2. The number of fused-ring (bicyclic) bond motifs is 1. The van der Waals surface area contributed by atoms with Crippen LogP contribution >= 0.6 is 15.9 Å². The lowest BCUT2D eigenvalue weighted by Crippen LogP contribution is -2.19. The van der Waals surface area contributed by atoms with Crippen molar-refractivity contribution < 1.29 is 0 Å². The van der Waals surface area contributed by atoms with Crippen molar-refractivity contribution in [3.63, 3.8) is 0 Å². The molecule has 28 heavy (non-hydrogen) atoms. The zero-order chi connectivity index (χ0) is 20.0. The second-order valence-electron chi connectivity index (χ2n) is 6.60. The number of aryl methyl sites for hydroxylation is 3. The minimum atomic E-state index is -0.170. The highest BCUT2D eigenvalue weighted by Crippen LogP contribution is 2.20. The first-order chi connectivity index (χ1) is 13.4. The van der Waals surface area contributed by atoms with Gasteiger partial charge in [-0.3, -0.25) is 24.0 Å². The highest BCUT2D eigenvalue weighted by atomic mass is 79.9. The van der Waals surface area contributed by atoms with Crippen LogP contribution in [0.2, 0.25) is 0 Å². The van der Waals surface area contributed by atoms with Crippen molar-refractivity contribution in [2.24, 2.45) is 19.1 Å². The van der Waals surface area contributed by atoms with Crippen LogP contribution in [0.15, 0.2) is 61.5 Å². The minimum Gasteiger partial charge on any atom is -0.295 e. The van der Waals surface area contributed by atoms with Crippen molar-refractivity contribution >= 4 is 38.9 Å². The van der Waals surface area contributed by atoms with Crippen LogP contribution in [-0.2, 0) is 14.1 Å². The Hall–Kier alpha value is -3.13. The van der Waals surface area contributed by atoms with Crippen LogP contribution in [0.3, 0.4) is 0 Å². The number of aromatic nitrogens is 4. The Balaban J connectivity index is 1.73. The fourth-order valence-corrected chi connectivity index (χ4v) is 3.46. The standard InChI is InChI=1S/C20H18BrN5O2/c1-12-16(19(27)26(23-12)15-7-4-13(21)5-8-15)11-22-14-6-9-17-18(10-14)25(3)20(28)24(17)2/h4-11,23H,1-3H3. The maximum Gasteiger partial charge on any atom is 0.328 e. The number of halogens is 1. The highest BCUT2D eigenvalue weighted by Gasteiger charge is 2.11. The van der Waals surface area contributed by atoms with E-state index in [9.17, 15) is 9.59 Å². The Morgan fingerprint density at radius 3 is 2.39 bits per heavy atom. The van der Waals surface area contributed by atoms with E-state index in [1.54, 1.807) is 29.4 Å². The molecule has 2 aromatic carbocycles. The number of imidazole rings is 1. The zero-order valence-corrected chi connectivity index (χ0v) is 17.2. The van der Waals surface area contributed by atoms with Gasteiger partial charge in [0.2, 0.25) is 0 Å². The number of H-pyrrole nitrogens is 1. The van der Waals surface area contributed by atoms with Gasteiger partial charge in [-0.1, -0.05) is 15.9 Å². The molecule has 0 spiro atoms. The van der Waals surface area contributed by atoms with Crippen LogP contribution in [0.1, 0.15) is 11.3 Å². The Kier molecular flexibility index (Phi) is 4.43. The molecule has 2 aromatic heterocycles. The third-order valence-electron chi connectivity index (χ3n) is 4.80. The molecule has 0 fully saturated rings. The number of aromatic amines is 1. The maximum atomic E-state index is 12.8. The summed E-state index contributed by atoms with van der Waals surface area (Å²) in [7, 11) is 3.46. The number of benzene rings is 2. The molecule has 4 aromatic rings. The molecule has 0 amide bonds. The average molecular weight is 440 g/mol. The summed E-state index contributed by atoms with van der Waals surface area (Å²) in [6.45, 7) is 1.84. The summed E-state index contributed by atoms with van der Waals surface area (Å²) < 4.78 is 5.61. The van der Waals surface area contributed by atoms with E-state index in [2.05, 4.69) is 26.0 Å². The van der Waals surface area contributed by atoms with E-state index in [-0.39, 0.29) is 11.2 Å². The van der Waals surface area contributed by atoms with Gasteiger partial charge in [-0.05, 0) is 49.4 Å². The summed E-state index contributed by atoms with van der Waals surface area (Å²) in [4.78, 5) is 29.3. The second kappa shape index (κ2) is 6.79. The molecule has 0 saturated carbocycles. The molecule has 0 bridgehead atoms. The number of nitrogens with zero attached hydrogens (tertiary/aromatic N) is 4. The molecule has 2 heterocycles. The van der Waals surface area contributed by atoms with E-state index in [1.807, 2.05) is 49.4 Å². The summed E-state index contributed by atoms with van der Waals surface area (Å²) in [5, 5.41) is 3.08. The lowest BCUT2D eigenvalue weighted by atomic mass is 10.2. The van der Waals surface area contributed by atoms with Crippen molar-refractivity contribution in [1.29, 1.82) is 0 Å². The summed E-state index contributed by atoms with van der Waals surface area (Å²) in [5.41, 5.74) is 4.00. The first kappa shape index (κ1) is 18.2. The normalized spacial score (nSPS) is 11.7. The van der Waals surface area contributed by atoms with Gasteiger partial charge in [-0.15, -0.1) is 0 Å². The molecule has 0 atom stereocenters. The monoisotopic (exact) mass is 439 g/mol. The van der Waals surface area contributed by atoms with Gasteiger partial charge >= 0.3 is 5.69 Å². The van der Waals surface area contributed by atoms with Gasteiger partial charge in [-0.25, -0.2) is 9.48 Å². The van der Waals surface area contributed by atoms with Crippen LogP contribution in [0.5, 0.6) is 0 Å². The fourth-order valence-electron chi connectivity index (χ4n) is 3.20. The molecule has 8 heteroatoms. The summed E-state index contributed by atoms with van der Waals surface area (Å²) in [5.74, 6) is 0. The first-order valence-electron chi connectivity index (χ1n) is 8.64. The van der Waals surface area contributed by atoms with E-state index >= 15 is 0 Å². The lowest BCUT2D eigenvalue weighted by Gasteiger charge is -2.00. The Morgan fingerprint density at radius 1 is 1.00 bits per heavy atom. The largest absolute Gasteiger partial charge is 0.328 e. The molecule has 0 saturated heterocycles. The highest BCUT2D eigenvalue weighted by molar-refractivity contribution is 9.10. The molecule has 0 aliphatic carbocycles. The third kappa shape index (κ3) is 2.95. The molecular weight excluding hydrogens is 422 g/mol. The Morgan fingerprint density at radius 2 is 1.68 bits per heavy atom. The van der Waals surface area contributed by atoms with Gasteiger partial charge in [-0.2, -0.15) is 0 Å². The topological polar surface area (TPSA) is 77.1 Å².